The summed E-state index contributed by atoms with van der Waals surface area (Å²) in [5, 5.41) is 5.54. The van der Waals surface area contributed by atoms with Gasteiger partial charge in [-0.2, -0.15) is 0 Å². The average Bonchev–Trinajstić information content (AvgIpc) is 2.52. The summed E-state index contributed by atoms with van der Waals surface area (Å²) in [5.74, 6) is 0.679. The Hall–Kier alpha value is -2.90. The number of para-hydroxylation sites is 1. The summed E-state index contributed by atoms with van der Waals surface area (Å²) >= 11 is 0. The Morgan fingerprint density at radius 3 is 2.73 bits per heavy atom. The molecule has 0 saturated carbocycles. The molecule has 8 nitrogen and oxygen atoms in total. The molecule has 0 unspecified atom stereocenters. The minimum absolute atomic E-state index is 0.00518. The average molecular weight is 304 g/mol. The second-order valence-corrected chi connectivity index (χ2v) is 4.50. The van der Waals surface area contributed by atoms with Gasteiger partial charge in [-0.25, -0.2) is 4.79 Å². The number of aromatic nitrogens is 2. The van der Waals surface area contributed by atoms with Crippen molar-refractivity contribution >= 4 is 11.5 Å². The largest absolute Gasteiger partial charge is 0.494 e. The molecule has 2 aromatic rings. The maximum Gasteiger partial charge on any atom is 0.329 e. The molecule has 8 heteroatoms. The van der Waals surface area contributed by atoms with Gasteiger partial charge < -0.3 is 10.1 Å². The van der Waals surface area contributed by atoms with Crippen molar-refractivity contribution in [2.75, 3.05) is 11.9 Å². The first kappa shape index (κ1) is 15.5. The lowest BCUT2D eigenvalue weighted by Crippen LogP contribution is -2.33. The molecule has 0 radical (unpaired) electrons. The van der Waals surface area contributed by atoms with Gasteiger partial charge in [-0.15, -0.1) is 4.91 Å². The first-order valence-corrected chi connectivity index (χ1v) is 6.69. The summed E-state index contributed by atoms with van der Waals surface area (Å²) in [7, 11) is 1.27. The maximum atomic E-state index is 11.8. The number of rotatable bonds is 6. The van der Waals surface area contributed by atoms with E-state index in [1.54, 1.807) is 0 Å². The maximum absolute atomic E-state index is 11.8. The highest BCUT2D eigenvalue weighted by molar-refractivity contribution is 5.58. The Morgan fingerprint density at radius 1 is 1.32 bits per heavy atom. The van der Waals surface area contributed by atoms with E-state index < -0.39 is 11.2 Å². The van der Waals surface area contributed by atoms with Crippen LogP contribution in [0.2, 0.25) is 0 Å². The first-order chi connectivity index (χ1) is 10.6. The molecule has 2 N–H and O–H groups in total. The third-order valence-corrected chi connectivity index (χ3v) is 3.10. The van der Waals surface area contributed by atoms with E-state index >= 15 is 0 Å². The SMILES string of the molecule is CCOc1ccccc1CNc1[nH]c(=O)n(C)c(=O)c1N=O. The standard InChI is InChI=1S/C14H16N4O4/c1-3-22-10-7-5-4-6-9(10)8-15-12-11(17-21)13(19)18(2)14(20)16-12/h4-7,15H,3,8H2,1-2H3,(H,16,20). The van der Waals surface area contributed by atoms with Gasteiger partial charge in [0.05, 0.1) is 6.61 Å². The number of benzene rings is 1. The quantitative estimate of drug-likeness (QED) is 0.786. The van der Waals surface area contributed by atoms with Crippen LogP contribution < -0.4 is 21.3 Å². The van der Waals surface area contributed by atoms with Gasteiger partial charge in [-0.05, 0) is 18.2 Å². The van der Waals surface area contributed by atoms with Crippen molar-refractivity contribution in [2.24, 2.45) is 12.2 Å². The fourth-order valence-electron chi connectivity index (χ4n) is 1.95. The van der Waals surface area contributed by atoms with Crippen molar-refractivity contribution in [3.63, 3.8) is 0 Å². The number of nitroso groups, excluding NO2 is 1. The number of nitrogens with one attached hydrogen (secondary N) is 2. The lowest BCUT2D eigenvalue weighted by molar-refractivity contribution is 0.337. The number of nitrogens with zero attached hydrogens (tertiary/aromatic N) is 2. The zero-order chi connectivity index (χ0) is 16.1. The van der Waals surface area contributed by atoms with Crippen LogP contribution >= 0.6 is 0 Å². The Kier molecular flexibility index (Phi) is 4.72. The van der Waals surface area contributed by atoms with Crippen LogP contribution in [-0.2, 0) is 13.6 Å². The highest BCUT2D eigenvalue weighted by Crippen LogP contribution is 2.21. The Balaban J connectivity index is 2.31. The summed E-state index contributed by atoms with van der Waals surface area (Å²) in [5.41, 5.74) is -0.920. The molecule has 0 aliphatic rings. The van der Waals surface area contributed by atoms with E-state index in [1.165, 1.54) is 7.05 Å². The fraction of sp³-hybridized carbons (Fsp3) is 0.286. The molecule has 116 valence electrons. The fourth-order valence-corrected chi connectivity index (χ4v) is 1.95. The van der Waals surface area contributed by atoms with Crippen LogP contribution in [0.3, 0.4) is 0 Å². The van der Waals surface area contributed by atoms with Crippen molar-refractivity contribution in [1.82, 2.24) is 9.55 Å². The molecule has 0 aliphatic carbocycles. The van der Waals surface area contributed by atoms with Crippen LogP contribution in [0, 0.1) is 4.91 Å². The summed E-state index contributed by atoms with van der Waals surface area (Å²) in [4.78, 5) is 36.7. The third kappa shape index (κ3) is 3.05. The molecule has 1 heterocycles. The molecule has 1 aromatic heterocycles. The molecule has 0 amide bonds. The zero-order valence-corrected chi connectivity index (χ0v) is 12.3. The van der Waals surface area contributed by atoms with Gasteiger partial charge in [0.2, 0.25) is 5.69 Å². The molecule has 0 atom stereocenters. The number of H-pyrrole nitrogens is 1. The Bertz CT molecular complexity index is 794. The van der Waals surface area contributed by atoms with Crippen molar-refractivity contribution < 1.29 is 4.74 Å². The van der Waals surface area contributed by atoms with Gasteiger partial charge in [0.15, 0.2) is 0 Å². The number of hydrogen-bond donors (Lipinski definition) is 2. The van der Waals surface area contributed by atoms with Crippen LogP contribution in [0.15, 0.2) is 39.0 Å². The van der Waals surface area contributed by atoms with Gasteiger partial charge in [-0.1, -0.05) is 18.2 Å². The Labute approximate surface area is 125 Å². The predicted octanol–water partition coefficient (Wildman–Crippen LogP) is 1.48. The Morgan fingerprint density at radius 2 is 2.05 bits per heavy atom. The van der Waals surface area contributed by atoms with E-state index in [0.29, 0.717) is 12.4 Å². The van der Waals surface area contributed by atoms with Crippen LogP contribution in [0.4, 0.5) is 11.5 Å². The lowest BCUT2D eigenvalue weighted by atomic mass is 10.2. The molecule has 2 rings (SSSR count). The highest BCUT2D eigenvalue weighted by atomic mass is 16.5. The second kappa shape index (κ2) is 6.70. The minimum atomic E-state index is -0.751. The monoisotopic (exact) mass is 304 g/mol. The highest BCUT2D eigenvalue weighted by Gasteiger charge is 2.13. The van der Waals surface area contributed by atoms with Crippen LogP contribution in [-0.4, -0.2) is 16.2 Å². The molecule has 1 aromatic carbocycles. The summed E-state index contributed by atoms with van der Waals surface area (Å²) in [6, 6.07) is 7.33. The van der Waals surface area contributed by atoms with Crippen molar-refractivity contribution in [3.8, 4) is 5.75 Å². The van der Waals surface area contributed by atoms with Gasteiger partial charge >= 0.3 is 5.69 Å². The molecule has 0 bridgehead atoms. The number of hydrogen-bond acceptors (Lipinski definition) is 6. The van der Waals surface area contributed by atoms with E-state index in [0.717, 1.165) is 10.1 Å². The molecule has 0 fully saturated rings. The first-order valence-electron chi connectivity index (χ1n) is 6.69. The topological polar surface area (TPSA) is 106 Å². The zero-order valence-electron chi connectivity index (χ0n) is 12.3. The molecule has 0 aliphatic heterocycles. The van der Waals surface area contributed by atoms with E-state index in [1.807, 2.05) is 31.2 Å². The summed E-state index contributed by atoms with van der Waals surface area (Å²) in [6.45, 7) is 2.65. The van der Waals surface area contributed by atoms with Gasteiger partial charge in [-0.3, -0.25) is 14.3 Å². The second-order valence-electron chi connectivity index (χ2n) is 4.50. The number of ether oxygens (including phenoxy) is 1. The van der Waals surface area contributed by atoms with E-state index in [2.05, 4.69) is 15.5 Å². The molecule has 22 heavy (non-hydrogen) atoms. The normalized spacial score (nSPS) is 10.3. The van der Waals surface area contributed by atoms with E-state index in [9.17, 15) is 14.5 Å². The molecule has 0 spiro atoms. The molecular weight excluding hydrogens is 288 g/mol. The van der Waals surface area contributed by atoms with Gasteiger partial charge in [0.1, 0.15) is 11.6 Å². The third-order valence-electron chi connectivity index (χ3n) is 3.10. The van der Waals surface area contributed by atoms with E-state index in [4.69, 9.17) is 4.74 Å². The van der Waals surface area contributed by atoms with Crippen LogP contribution in [0.25, 0.3) is 0 Å². The van der Waals surface area contributed by atoms with Gasteiger partial charge in [0.25, 0.3) is 5.56 Å². The number of anilines is 1. The van der Waals surface area contributed by atoms with Crippen LogP contribution in [0.5, 0.6) is 5.75 Å². The lowest BCUT2D eigenvalue weighted by Gasteiger charge is -2.12. The predicted molar refractivity (Wildman–Crippen MR) is 82.7 cm³/mol. The van der Waals surface area contributed by atoms with E-state index in [-0.39, 0.29) is 18.1 Å². The van der Waals surface area contributed by atoms with Crippen LogP contribution in [0.1, 0.15) is 12.5 Å². The minimum Gasteiger partial charge on any atom is -0.494 e. The summed E-state index contributed by atoms with van der Waals surface area (Å²) in [6.07, 6.45) is 0. The van der Waals surface area contributed by atoms with Crippen molar-refractivity contribution in [2.45, 2.75) is 13.5 Å². The molecular formula is C14H16N4O4. The summed E-state index contributed by atoms with van der Waals surface area (Å²) < 4.78 is 6.27. The smallest absolute Gasteiger partial charge is 0.329 e. The van der Waals surface area contributed by atoms with Crippen molar-refractivity contribution in [3.05, 3.63) is 55.6 Å². The van der Waals surface area contributed by atoms with Gasteiger partial charge in [0, 0.05) is 19.2 Å². The van der Waals surface area contributed by atoms with Crippen molar-refractivity contribution in [1.29, 1.82) is 0 Å². The number of aromatic amines is 1. The molecule has 0 saturated heterocycles.